The normalized spacial score (nSPS) is 20.5. The van der Waals surface area contributed by atoms with E-state index in [1.807, 2.05) is 70.2 Å². The van der Waals surface area contributed by atoms with E-state index >= 15 is 0 Å². The van der Waals surface area contributed by atoms with Gasteiger partial charge in [0.05, 0.1) is 24.5 Å². The molecule has 2 atom stereocenters. The Balaban J connectivity index is 1.30. The first-order valence-electron chi connectivity index (χ1n) is 10.2. The van der Waals surface area contributed by atoms with Crippen LogP contribution in [0.1, 0.15) is 5.56 Å². The molecule has 0 bridgehead atoms. The number of halogens is 2. The van der Waals surface area contributed by atoms with Crippen LogP contribution in [-0.2, 0) is 21.8 Å². The van der Waals surface area contributed by atoms with Crippen LogP contribution in [0.15, 0.2) is 85.7 Å². The summed E-state index contributed by atoms with van der Waals surface area (Å²) in [6.07, 6.45) is 9.02. The zero-order valence-electron chi connectivity index (χ0n) is 17.1. The maximum atomic E-state index is 6.51. The van der Waals surface area contributed by atoms with Gasteiger partial charge in [-0.05, 0) is 48.5 Å². The van der Waals surface area contributed by atoms with E-state index < -0.39 is 5.79 Å². The predicted molar refractivity (Wildman–Crippen MR) is 122 cm³/mol. The summed E-state index contributed by atoms with van der Waals surface area (Å²) in [5.41, 5.74) is 1.79. The Morgan fingerprint density at radius 1 is 1.06 bits per heavy atom. The van der Waals surface area contributed by atoms with Gasteiger partial charge in [-0.1, -0.05) is 29.3 Å². The molecule has 4 aromatic rings. The summed E-state index contributed by atoms with van der Waals surface area (Å²) in [4.78, 5) is 4.12. The molecule has 1 fully saturated rings. The molecular formula is C24H21Cl2N3O3. The minimum absolute atomic E-state index is 0.269. The molecule has 164 valence electrons. The third kappa shape index (κ3) is 4.40. The summed E-state index contributed by atoms with van der Waals surface area (Å²) < 4.78 is 22.5. The van der Waals surface area contributed by atoms with Gasteiger partial charge in [-0.3, -0.25) is 0 Å². The Morgan fingerprint density at radius 2 is 1.88 bits per heavy atom. The first-order valence-corrected chi connectivity index (χ1v) is 11.0. The van der Waals surface area contributed by atoms with Crippen molar-refractivity contribution in [3.05, 3.63) is 101 Å². The highest BCUT2D eigenvalue weighted by Crippen LogP contribution is 2.40. The molecule has 0 unspecified atom stereocenters. The maximum absolute atomic E-state index is 6.51. The molecule has 3 heterocycles. The molecule has 8 heteroatoms. The van der Waals surface area contributed by atoms with Crippen LogP contribution >= 0.6 is 23.2 Å². The van der Waals surface area contributed by atoms with Crippen LogP contribution in [0.2, 0.25) is 10.0 Å². The molecule has 0 saturated carbocycles. The molecule has 0 aliphatic carbocycles. The number of nitrogens with zero attached hydrogens (tertiary/aromatic N) is 3. The molecule has 6 nitrogen and oxygen atoms in total. The molecule has 1 aliphatic rings. The molecule has 0 amide bonds. The third-order valence-corrected chi connectivity index (χ3v) is 5.87. The summed E-state index contributed by atoms with van der Waals surface area (Å²) in [6.45, 7) is 1.12. The fourth-order valence-electron chi connectivity index (χ4n) is 3.79. The number of imidazole rings is 1. The Labute approximate surface area is 195 Å². The molecule has 32 heavy (non-hydrogen) atoms. The Morgan fingerprint density at radius 3 is 2.59 bits per heavy atom. The van der Waals surface area contributed by atoms with E-state index in [1.54, 1.807) is 24.7 Å². The van der Waals surface area contributed by atoms with E-state index in [4.69, 9.17) is 37.4 Å². The minimum Gasteiger partial charge on any atom is -0.491 e. The van der Waals surface area contributed by atoms with Crippen LogP contribution in [0.5, 0.6) is 5.75 Å². The van der Waals surface area contributed by atoms with Crippen LogP contribution in [0.4, 0.5) is 0 Å². The molecule has 2 aromatic carbocycles. The lowest BCUT2D eigenvalue weighted by molar-refractivity contribution is -0.189. The SMILES string of the molecule is Clc1ccc([C@]2(Cn3ccnc3)OC[C@@H](COc3ccc(-n4cccc4)cc3)O2)c(Cl)c1. The van der Waals surface area contributed by atoms with Crippen molar-refractivity contribution >= 4 is 23.2 Å². The van der Waals surface area contributed by atoms with Gasteiger partial charge >= 0.3 is 0 Å². The lowest BCUT2D eigenvalue weighted by atomic mass is 10.1. The summed E-state index contributed by atoms with van der Waals surface area (Å²) in [5, 5.41) is 1.04. The van der Waals surface area contributed by atoms with Crippen LogP contribution in [0, 0.1) is 0 Å². The molecule has 0 radical (unpaired) electrons. The molecule has 1 saturated heterocycles. The Hall–Kier alpha value is -2.77. The van der Waals surface area contributed by atoms with Gasteiger partial charge in [-0.15, -0.1) is 0 Å². The highest BCUT2D eigenvalue weighted by molar-refractivity contribution is 6.35. The van der Waals surface area contributed by atoms with Crippen molar-refractivity contribution < 1.29 is 14.2 Å². The highest BCUT2D eigenvalue weighted by atomic mass is 35.5. The molecule has 1 aliphatic heterocycles. The number of benzene rings is 2. The number of aromatic nitrogens is 3. The van der Waals surface area contributed by atoms with Crippen LogP contribution in [-0.4, -0.2) is 33.4 Å². The van der Waals surface area contributed by atoms with Crippen molar-refractivity contribution in [2.24, 2.45) is 0 Å². The molecule has 0 N–H and O–H groups in total. The van der Waals surface area contributed by atoms with E-state index in [9.17, 15) is 0 Å². The quantitative estimate of drug-likeness (QED) is 0.367. The fraction of sp³-hybridized carbons (Fsp3) is 0.208. The number of rotatable bonds is 7. The molecule has 2 aromatic heterocycles. The van der Waals surface area contributed by atoms with E-state index in [2.05, 4.69) is 4.98 Å². The predicted octanol–water partition coefficient (Wildman–Crippen LogP) is 5.33. The summed E-state index contributed by atoms with van der Waals surface area (Å²) in [6, 6.07) is 17.2. The zero-order valence-corrected chi connectivity index (χ0v) is 18.6. The van der Waals surface area contributed by atoms with Crippen LogP contribution < -0.4 is 4.74 Å². The third-order valence-electron chi connectivity index (χ3n) is 5.33. The standard InChI is InChI=1S/C24H21Cl2N3O3/c25-18-3-8-22(23(26)13-18)24(16-28-12-9-27-17-28)31-15-21(32-24)14-30-20-6-4-19(5-7-20)29-10-1-2-11-29/h1-13,17,21H,14-16H2/t21-,24-/m1/s1. The Kier molecular flexibility index (Phi) is 5.93. The topological polar surface area (TPSA) is 50.4 Å². The van der Waals surface area contributed by atoms with Crippen molar-refractivity contribution in [2.75, 3.05) is 13.2 Å². The van der Waals surface area contributed by atoms with Gasteiger partial charge in [0, 0.05) is 41.1 Å². The first kappa shape index (κ1) is 21.1. The van der Waals surface area contributed by atoms with E-state index in [0.29, 0.717) is 29.8 Å². The van der Waals surface area contributed by atoms with Gasteiger partial charge in [0.15, 0.2) is 0 Å². The zero-order chi connectivity index (χ0) is 22.0. The second-order valence-electron chi connectivity index (χ2n) is 7.56. The van der Waals surface area contributed by atoms with Gasteiger partial charge in [-0.25, -0.2) is 4.98 Å². The van der Waals surface area contributed by atoms with Crippen LogP contribution in [0.3, 0.4) is 0 Å². The van der Waals surface area contributed by atoms with Crippen molar-refractivity contribution in [3.63, 3.8) is 0 Å². The number of hydrogen-bond donors (Lipinski definition) is 0. The average molecular weight is 470 g/mol. The lowest BCUT2D eigenvalue weighted by Crippen LogP contribution is -2.34. The van der Waals surface area contributed by atoms with Gasteiger partial charge in [0.25, 0.3) is 0 Å². The van der Waals surface area contributed by atoms with E-state index in [-0.39, 0.29) is 6.10 Å². The molecule has 0 spiro atoms. The van der Waals surface area contributed by atoms with Crippen molar-refractivity contribution in [2.45, 2.75) is 18.4 Å². The largest absolute Gasteiger partial charge is 0.491 e. The van der Waals surface area contributed by atoms with Gasteiger partial charge < -0.3 is 23.3 Å². The monoisotopic (exact) mass is 469 g/mol. The molecule has 5 rings (SSSR count). The summed E-state index contributed by atoms with van der Waals surface area (Å²) in [7, 11) is 0. The van der Waals surface area contributed by atoms with Crippen LogP contribution in [0.25, 0.3) is 5.69 Å². The maximum Gasteiger partial charge on any atom is 0.215 e. The van der Waals surface area contributed by atoms with Crippen molar-refractivity contribution in [1.29, 1.82) is 0 Å². The fourth-order valence-corrected chi connectivity index (χ4v) is 4.34. The smallest absolute Gasteiger partial charge is 0.215 e. The second-order valence-corrected chi connectivity index (χ2v) is 8.40. The Bertz CT molecular complexity index is 1160. The van der Waals surface area contributed by atoms with Crippen molar-refractivity contribution in [1.82, 2.24) is 14.1 Å². The first-order chi connectivity index (χ1) is 15.6. The second kappa shape index (κ2) is 9.00. The molecular weight excluding hydrogens is 449 g/mol. The minimum atomic E-state index is -1.06. The highest BCUT2D eigenvalue weighted by Gasteiger charge is 2.45. The summed E-state index contributed by atoms with van der Waals surface area (Å²) >= 11 is 12.6. The van der Waals surface area contributed by atoms with Crippen molar-refractivity contribution in [3.8, 4) is 11.4 Å². The van der Waals surface area contributed by atoms with E-state index in [1.165, 1.54) is 0 Å². The van der Waals surface area contributed by atoms with Gasteiger partial charge in [0.2, 0.25) is 5.79 Å². The number of hydrogen-bond acceptors (Lipinski definition) is 4. The van der Waals surface area contributed by atoms with E-state index in [0.717, 1.165) is 17.0 Å². The summed E-state index contributed by atoms with van der Waals surface area (Å²) in [5.74, 6) is -0.296. The van der Waals surface area contributed by atoms with Gasteiger partial charge in [-0.2, -0.15) is 0 Å². The number of ether oxygens (including phenoxy) is 3. The van der Waals surface area contributed by atoms with Gasteiger partial charge in [0.1, 0.15) is 18.5 Å². The lowest BCUT2D eigenvalue weighted by Gasteiger charge is -2.30. The average Bonchev–Trinajstić information content (AvgIpc) is 3.56.